The van der Waals surface area contributed by atoms with E-state index in [0.29, 0.717) is 12.8 Å². The van der Waals surface area contributed by atoms with Gasteiger partial charge in [-0.15, -0.1) is 5.10 Å². The number of carbonyl (C=O) groups is 1. The third kappa shape index (κ3) is 2.35. The molecule has 7 heteroatoms. The molecule has 0 saturated carbocycles. The van der Waals surface area contributed by atoms with Crippen molar-refractivity contribution in [2.75, 3.05) is 0 Å². The lowest BCUT2D eigenvalue weighted by Gasteiger charge is -2.11. The molecule has 2 aromatic rings. The minimum Gasteiger partial charge on any atom is -0.296 e. The van der Waals surface area contributed by atoms with Crippen molar-refractivity contribution in [1.29, 1.82) is 0 Å². The van der Waals surface area contributed by atoms with Crippen LogP contribution in [0.4, 0.5) is 13.2 Å². The third-order valence-electron chi connectivity index (χ3n) is 2.67. The van der Waals surface area contributed by atoms with Crippen molar-refractivity contribution in [3.05, 3.63) is 35.5 Å². The van der Waals surface area contributed by atoms with Gasteiger partial charge in [0.05, 0.1) is 5.56 Å². The second-order valence-corrected chi connectivity index (χ2v) is 3.80. The zero-order valence-electron chi connectivity index (χ0n) is 9.98. The summed E-state index contributed by atoms with van der Waals surface area (Å²) in [6.07, 6.45) is -4.04. The molecule has 2 rings (SSSR count). The van der Waals surface area contributed by atoms with E-state index >= 15 is 0 Å². The van der Waals surface area contributed by atoms with Crippen LogP contribution in [0.3, 0.4) is 0 Å². The quantitative estimate of drug-likeness (QED) is 0.805. The molecule has 0 radical (unpaired) electrons. The number of hydrogen-bond donors (Lipinski definition) is 0. The van der Waals surface area contributed by atoms with Crippen LogP contribution in [0.25, 0.3) is 11.3 Å². The fraction of sp³-hybridized carbons (Fsp3) is 0.250. The highest BCUT2D eigenvalue weighted by molar-refractivity contribution is 5.84. The number of halogens is 3. The van der Waals surface area contributed by atoms with Gasteiger partial charge in [-0.2, -0.15) is 13.2 Å². The number of aldehydes is 1. The van der Waals surface area contributed by atoms with Gasteiger partial charge in [0.15, 0.2) is 6.29 Å². The Morgan fingerprint density at radius 1 is 1.32 bits per heavy atom. The first-order chi connectivity index (χ1) is 8.99. The van der Waals surface area contributed by atoms with Gasteiger partial charge in [-0.3, -0.25) is 4.79 Å². The maximum atomic E-state index is 12.9. The number of alkyl halides is 3. The van der Waals surface area contributed by atoms with Crippen LogP contribution in [0.2, 0.25) is 0 Å². The second kappa shape index (κ2) is 4.83. The van der Waals surface area contributed by atoms with E-state index in [9.17, 15) is 18.0 Å². The molecule has 1 aromatic heterocycles. The summed E-state index contributed by atoms with van der Waals surface area (Å²) in [5.74, 6) is 0. The minimum absolute atomic E-state index is 0.0409. The number of nitrogens with zero attached hydrogens (tertiary/aromatic N) is 3. The molecule has 1 aromatic carbocycles. The number of hydrogen-bond acceptors (Lipinski definition) is 3. The Hall–Kier alpha value is -2.18. The second-order valence-electron chi connectivity index (χ2n) is 3.80. The van der Waals surface area contributed by atoms with Gasteiger partial charge in [0.25, 0.3) is 0 Å². The summed E-state index contributed by atoms with van der Waals surface area (Å²) in [7, 11) is 0. The molecule has 0 spiro atoms. The van der Waals surface area contributed by atoms with Crippen LogP contribution in [0, 0.1) is 0 Å². The average molecular weight is 269 g/mol. The molecular formula is C12H10F3N3O. The number of benzene rings is 1. The van der Waals surface area contributed by atoms with Crippen molar-refractivity contribution in [1.82, 2.24) is 15.0 Å². The van der Waals surface area contributed by atoms with Crippen molar-refractivity contribution in [3.8, 4) is 11.3 Å². The van der Waals surface area contributed by atoms with Crippen LogP contribution in [0.5, 0.6) is 0 Å². The molecule has 100 valence electrons. The van der Waals surface area contributed by atoms with Crippen LogP contribution in [-0.2, 0) is 12.7 Å². The molecule has 4 nitrogen and oxygen atoms in total. The van der Waals surface area contributed by atoms with Gasteiger partial charge in [0.1, 0.15) is 11.4 Å². The van der Waals surface area contributed by atoms with Gasteiger partial charge in [0.2, 0.25) is 0 Å². The van der Waals surface area contributed by atoms with Crippen molar-refractivity contribution < 1.29 is 18.0 Å². The van der Waals surface area contributed by atoms with Crippen molar-refractivity contribution >= 4 is 6.29 Å². The normalized spacial score (nSPS) is 11.6. The van der Waals surface area contributed by atoms with E-state index in [1.807, 2.05) is 0 Å². The smallest absolute Gasteiger partial charge is 0.296 e. The van der Waals surface area contributed by atoms with E-state index in [0.717, 1.165) is 6.07 Å². The van der Waals surface area contributed by atoms with Crippen LogP contribution in [0.15, 0.2) is 24.3 Å². The summed E-state index contributed by atoms with van der Waals surface area (Å²) in [5, 5.41) is 7.36. The first kappa shape index (κ1) is 13.3. The molecule has 0 N–H and O–H groups in total. The topological polar surface area (TPSA) is 47.8 Å². The van der Waals surface area contributed by atoms with Crippen LogP contribution >= 0.6 is 0 Å². The lowest BCUT2D eigenvalue weighted by molar-refractivity contribution is -0.137. The van der Waals surface area contributed by atoms with Gasteiger partial charge in [-0.05, 0) is 13.0 Å². The molecule has 0 bridgehead atoms. The van der Waals surface area contributed by atoms with E-state index in [1.165, 1.54) is 22.9 Å². The lowest BCUT2D eigenvalue weighted by atomic mass is 10.0. The zero-order valence-corrected chi connectivity index (χ0v) is 9.98. The summed E-state index contributed by atoms with van der Waals surface area (Å²) in [4.78, 5) is 11.0. The molecule has 0 atom stereocenters. The van der Waals surface area contributed by atoms with Crippen LogP contribution in [-0.4, -0.2) is 21.3 Å². The predicted molar refractivity (Wildman–Crippen MR) is 61.5 cm³/mol. The highest BCUT2D eigenvalue weighted by Crippen LogP contribution is 2.36. The van der Waals surface area contributed by atoms with Crippen molar-refractivity contribution in [2.45, 2.75) is 19.6 Å². The van der Waals surface area contributed by atoms with E-state index in [1.54, 1.807) is 6.92 Å². The molecular weight excluding hydrogens is 259 g/mol. The van der Waals surface area contributed by atoms with E-state index in [2.05, 4.69) is 10.3 Å². The molecule has 0 amide bonds. The van der Waals surface area contributed by atoms with Gasteiger partial charge < -0.3 is 0 Å². The monoisotopic (exact) mass is 269 g/mol. The number of rotatable bonds is 3. The van der Waals surface area contributed by atoms with Crippen LogP contribution in [0.1, 0.15) is 23.0 Å². The Bertz CT molecular complexity index is 605. The van der Waals surface area contributed by atoms with E-state index in [4.69, 9.17) is 0 Å². The SMILES string of the molecule is CCn1nnc(-c2ccccc2C(F)(F)F)c1C=O. The summed E-state index contributed by atoms with van der Waals surface area (Å²) >= 11 is 0. The number of carbonyl (C=O) groups excluding carboxylic acids is 1. The minimum atomic E-state index is -4.51. The number of aryl methyl sites for hydroxylation is 1. The molecule has 0 saturated heterocycles. The summed E-state index contributed by atoms with van der Waals surface area (Å²) in [6.45, 7) is 2.08. The van der Waals surface area contributed by atoms with Gasteiger partial charge in [0, 0.05) is 12.1 Å². The fourth-order valence-corrected chi connectivity index (χ4v) is 1.80. The molecule has 0 unspecified atom stereocenters. The summed E-state index contributed by atoms with van der Waals surface area (Å²) in [5.41, 5.74) is -0.984. The standard InChI is InChI=1S/C12H10F3N3O/c1-2-18-10(7-19)11(16-17-18)8-5-3-4-6-9(8)12(13,14)15/h3-7H,2H2,1H3. The Kier molecular flexibility index (Phi) is 3.37. The summed E-state index contributed by atoms with van der Waals surface area (Å²) < 4.78 is 40.0. The van der Waals surface area contributed by atoms with Gasteiger partial charge in [-0.1, -0.05) is 23.4 Å². The Balaban J connectivity index is 2.66. The molecule has 0 aliphatic carbocycles. The van der Waals surface area contributed by atoms with E-state index < -0.39 is 11.7 Å². The Morgan fingerprint density at radius 3 is 2.58 bits per heavy atom. The lowest BCUT2D eigenvalue weighted by Crippen LogP contribution is -2.08. The molecule has 0 aliphatic heterocycles. The maximum Gasteiger partial charge on any atom is 0.417 e. The van der Waals surface area contributed by atoms with Gasteiger partial charge in [-0.25, -0.2) is 4.68 Å². The number of aromatic nitrogens is 3. The first-order valence-electron chi connectivity index (χ1n) is 5.54. The maximum absolute atomic E-state index is 12.9. The van der Waals surface area contributed by atoms with Crippen molar-refractivity contribution in [2.24, 2.45) is 0 Å². The molecule has 0 aliphatic rings. The largest absolute Gasteiger partial charge is 0.417 e. The van der Waals surface area contributed by atoms with Crippen LogP contribution < -0.4 is 0 Å². The van der Waals surface area contributed by atoms with E-state index in [-0.39, 0.29) is 17.0 Å². The summed E-state index contributed by atoms with van der Waals surface area (Å²) in [6, 6.07) is 4.98. The highest BCUT2D eigenvalue weighted by atomic mass is 19.4. The van der Waals surface area contributed by atoms with Crippen molar-refractivity contribution in [3.63, 3.8) is 0 Å². The third-order valence-corrected chi connectivity index (χ3v) is 2.67. The predicted octanol–water partition coefficient (Wildman–Crippen LogP) is 2.80. The Labute approximate surface area is 106 Å². The molecule has 1 heterocycles. The fourth-order valence-electron chi connectivity index (χ4n) is 1.80. The molecule has 19 heavy (non-hydrogen) atoms. The molecule has 0 fully saturated rings. The van der Waals surface area contributed by atoms with Gasteiger partial charge >= 0.3 is 6.18 Å². The zero-order chi connectivity index (χ0) is 14.0. The first-order valence-corrected chi connectivity index (χ1v) is 5.54. The average Bonchev–Trinajstić information content (AvgIpc) is 2.80. The Morgan fingerprint density at radius 2 is 2.00 bits per heavy atom. The highest BCUT2D eigenvalue weighted by Gasteiger charge is 2.34.